The number of esters is 2. The first kappa shape index (κ1) is 26.0. The first-order chi connectivity index (χ1) is 13.4. The van der Waals surface area contributed by atoms with Gasteiger partial charge in [-0.2, -0.15) is 0 Å². The topological polar surface area (TPSA) is 78.9 Å². The Morgan fingerprint density at radius 2 is 1.66 bits per heavy atom. The molecule has 5 atom stereocenters. The van der Waals surface area contributed by atoms with Gasteiger partial charge < -0.3 is 14.2 Å². The van der Waals surface area contributed by atoms with Crippen molar-refractivity contribution in [1.29, 1.82) is 0 Å². The molecule has 2 unspecified atom stereocenters. The summed E-state index contributed by atoms with van der Waals surface area (Å²) >= 11 is 1.72. The normalized spacial score (nSPS) is 27.3. The van der Waals surface area contributed by atoms with Crippen molar-refractivity contribution in [3.63, 3.8) is 0 Å². The van der Waals surface area contributed by atoms with Crippen LogP contribution >= 0.6 is 11.8 Å². The maximum absolute atomic E-state index is 12.0. The zero-order valence-electron chi connectivity index (χ0n) is 19.0. The first-order valence-corrected chi connectivity index (χ1v) is 11.5. The van der Waals surface area contributed by atoms with Gasteiger partial charge in [0, 0.05) is 32.6 Å². The summed E-state index contributed by atoms with van der Waals surface area (Å²) in [6.45, 7) is 13.2. The maximum Gasteiger partial charge on any atom is 0.303 e. The second kappa shape index (κ2) is 11.9. The lowest BCUT2D eigenvalue weighted by molar-refractivity contribution is -0.191. The monoisotopic (exact) mass is 430 g/mol. The zero-order valence-corrected chi connectivity index (χ0v) is 19.8. The van der Waals surface area contributed by atoms with Crippen LogP contribution in [-0.4, -0.2) is 47.7 Å². The lowest BCUT2D eigenvalue weighted by Gasteiger charge is -2.43. The Labute approximate surface area is 179 Å². The number of ether oxygens (including phenoxy) is 3. The molecule has 0 saturated carbocycles. The summed E-state index contributed by atoms with van der Waals surface area (Å²) in [5, 5.41) is 0. The van der Waals surface area contributed by atoms with Gasteiger partial charge in [-0.15, -0.1) is 11.8 Å². The van der Waals surface area contributed by atoms with E-state index in [1.54, 1.807) is 11.8 Å². The standard InChI is InChI=1S/C22H38O6S/c1-14-15(2)21(29-11-9-8-10-18(25)12-22(5,6)7)28-19(13-26-16(3)23)20(14)27-17(4)24/h14-15,19-21H,8-13H2,1-7H3/t14-,15?,19?,20-,21+/m1/s1. The Morgan fingerprint density at radius 1 is 1.00 bits per heavy atom. The molecule has 168 valence electrons. The molecule has 0 radical (unpaired) electrons. The van der Waals surface area contributed by atoms with Gasteiger partial charge in [-0.3, -0.25) is 14.4 Å². The quantitative estimate of drug-likeness (QED) is 0.376. The number of ketones is 1. The average molecular weight is 431 g/mol. The van der Waals surface area contributed by atoms with Gasteiger partial charge in [0.15, 0.2) is 0 Å². The van der Waals surface area contributed by atoms with E-state index in [1.165, 1.54) is 13.8 Å². The fourth-order valence-corrected chi connectivity index (χ4v) is 4.84. The highest BCUT2D eigenvalue weighted by molar-refractivity contribution is 7.99. The van der Waals surface area contributed by atoms with E-state index < -0.39 is 12.2 Å². The molecule has 0 aromatic rings. The summed E-state index contributed by atoms with van der Waals surface area (Å²) < 4.78 is 16.8. The van der Waals surface area contributed by atoms with E-state index >= 15 is 0 Å². The third-order valence-electron chi connectivity index (χ3n) is 5.06. The first-order valence-electron chi connectivity index (χ1n) is 10.5. The molecule has 6 nitrogen and oxygen atoms in total. The van der Waals surface area contributed by atoms with Gasteiger partial charge in [0.25, 0.3) is 0 Å². The fraction of sp³-hybridized carbons (Fsp3) is 0.864. The van der Waals surface area contributed by atoms with Gasteiger partial charge >= 0.3 is 11.9 Å². The van der Waals surface area contributed by atoms with Crippen molar-refractivity contribution in [3.05, 3.63) is 0 Å². The highest BCUT2D eigenvalue weighted by Crippen LogP contribution is 2.38. The van der Waals surface area contributed by atoms with E-state index in [0.717, 1.165) is 18.6 Å². The SMILES string of the molecule is CC(=O)OCC1O[C@@H](SCCCCC(=O)CC(C)(C)C)C(C)[C@@H](C)[C@H]1OC(C)=O. The van der Waals surface area contributed by atoms with Crippen molar-refractivity contribution in [3.8, 4) is 0 Å². The highest BCUT2D eigenvalue weighted by Gasteiger charge is 2.44. The minimum atomic E-state index is -0.472. The Balaban J connectivity index is 2.53. The molecule has 0 aromatic heterocycles. The van der Waals surface area contributed by atoms with Crippen LogP contribution in [0, 0.1) is 17.3 Å². The Bertz CT molecular complexity index is 556. The number of unbranched alkanes of at least 4 members (excludes halogenated alkanes) is 1. The number of thioether (sulfide) groups is 1. The van der Waals surface area contributed by atoms with Gasteiger partial charge in [-0.25, -0.2) is 0 Å². The van der Waals surface area contributed by atoms with Crippen LogP contribution in [0.15, 0.2) is 0 Å². The number of Topliss-reactive ketones (excluding diaryl/α,β-unsaturated/α-hetero) is 1. The molecule has 0 N–H and O–H groups in total. The number of carbonyl (C=O) groups is 3. The smallest absolute Gasteiger partial charge is 0.303 e. The fourth-order valence-electron chi connectivity index (χ4n) is 3.46. The predicted molar refractivity (Wildman–Crippen MR) is 115 cm³/mol. The van der Waals surface area contributed by atoms with Crippen molar-refractivity contribution in [2.75, 3.05) is 12.4 Å². The number of hydrogen-bond acceptors (Lipinski definition) is 7. The maximum atomic E-state index is 12.0. The molecule has 0 aromatic carbocycles. The van der Waals surface area contributed by atoms with E-state index in [1.807, 2.05) is 6.92 Å². The van der Waals surface area contributed by atoms with Crippen molar-refractivity contribution < 1.29 is 28.6 Å². The zero-order chi connectivity index (χ0) is 22.2. The van der Waals surface area contributed by atoms with Crippen LogP contribution in [0.3, 0.4) is 0 Å². The molecule has 0 amide bonds. The molecular weight excluding hydrogens is 392 g/mol. The lowest BCUT2D eigenvalue weighted by Crippen LogP contribution is -2.52. The van der Waals surface area contributed by atoms with Gasteiger partial charge in [0.2, 0.25) is 0 Å². The highest BCUT2D eigenvalue weighted by atomic mass is 32.2. The Hall–Kier alpha value is -1.08. The van der Waals surface area contributed by atoms with Crippen LogP contribution in [0.1, 0.15) is 74.1 Å². The van der Waals surface area contributed by atoms with Crippen LogP contribution < -0.4 is 0 Å². The Morgan fingerprint density at radius 3 is 2.21 bits per heavy atom. The molecule has 29 heavy (non-hydrogen) atoms. The molecule has 0 bridgehead atoms. The van der Waals surface area contributed by atoms with Gasteiger partial charge in [-0.05, 0) is 29.9 Å². The van der Waals surface area contributed by atoms with Crippen molar-refractivity contribution in [1.82, 2.24) is 0 Å². The summed E-state index contributed by atoms with van der Waals surface area (Å²) in [5.74, 6) is 0.730. The Kier molecular flexibility index (Phi) is 10.7. The number of rotatable bonds is 10. The van der Waals surface area contributed by atoms with Crippen molar-refractivity contribution >= 4 is 29.5 Å². The minimum Gasteiger partial charge on any atom is -0.463 e. The molecule has 7 heteroatoms. The van der Waals surface area contributed by atoms with Crippen LogP contribution in [0.5, 0.6) is 0 Å². The predicted octanol–water partition coefficient (Wildman–Crippen LogP) is 4.39. The second-order valence-corrected chi connectivity index (χ2v) is 10.4. The van der Waals surface area contributed by atoms with E-state index in [-0.39, 0.29) is 41.2 Å². The molecular formula is C22H38O6S. The van der Waals surface area contributed by atoms with Crippen LogP contribution in [0.4, 0.5) is 0 Å². The van der Waals surface area contributed by atoms with E-state index in [0.29, 0.717) is 18.6 Å². The van der Waals surface area contributed by atoms with Crippen LogP contribution in [0.2, 0.25) is 0 Å². The number of hydrogen-bond donors (Lipinski definition) is 0. The van der Waals surface area contributed by atoms with Gasteiger partial charge in [0.1, 0.15) is 30.0 Å². The van der Waals surface area contributed by atoms with E-state index in [9.17, 15) is 14.4 Å². The molecule has 0 spiro atoms. The van der Waals surface area contributed by atoms with E-state index in [2.05, 4.69) is 27.7 Å². The largest absolute Gasteiger partial charge is 0.463 e. The molecule has 1 fully saturated rings. The van der Waals surface area contributed by atoms with Crippen molar-refractivity contribution in [2.45, 2.75) is 91.8 Å². The lowest BCUT2D eigenvalue weighted by atomic mass is 9.85. The summed E-state index contributed by atoms with van der Waals surface area (Å²) in [7, 11) is 0. The molecule has 1 heterocycles. The molecule has 1 rings (SSSR count). The van der Waals surface area contributed by atoms with Crippen LogP contribution in [-0.2, 0) is 28.6 Å². The van der Waals surface area contributed by atoms with Gasteiger partial charge in [-0.1, -0.05) is 34.6 Å². The second-order valence-electron chi connectivity index (χ2n) is 9.24. The summed E-state index contributed by atoms with van der Waals surface area (Å²) in [4.78, 5) is 34.7. The molecule has 1 aliphatic rings. The summed E-state index contributed by atoms with van der Waals surface area (Å²) in [5.41, 5.74) is -0.0226. The van der Waals surface area contributed by atoms with E-state index in [4.69, 9.17) is 14.2 Å². The van der Waals surface area contributed by atoms with Crippen LogP contribution in [0.25, 0.3) is 0 Å². The van der Waals surface area contributed by atoms with Crippen molar-refractivity contribution in [2.24, 2.45) is 17.3 Å². The molecule has 1 aliphatic heterocycles. The number of carbonyl (C=O) groups excluding carboxylic acids is 3. The minimum absolute atomic E-state index is 0.0444. The summed E-state index contributed by atoms with van der Waals surface area (Å²) in [6, 6.07) is 0. The third-order valence-corrected chi connectivity index (χ3v) is 6.46. The molecule has 0 aliphatic carbocycles. The van der Waals surface area contributed by atoms with Gasteiger partial charge in [0.05, 0.1) is 0 Å². The molecule has 1 saturated heterocycles. The third kappa shape index (κ3) is 9.98. The average Bonchev–Trinajstić information content (AvgIpc) is 2.57. The summed E-state index contributed by atoms with van der Waals surface area (Å²) in [6.07, 6.45) is 2.16.